The lowest BCUT2D eigenvalue weighted by atomic mass is 10.1. The predicted octanol–water partition coefficient (Wildman–Crippen LogP) is 3.31. The lowest BCUT2D eigenvalue weighted by Gasteiger charge is -2.01. The maximum absolute atomic E-state index is 13.2. The van der Waals surface area contributed by atoms with Crippen LogP contribution in [0.25, 0.3) is 0 Å². The van der Waals surface area contributed by atoms with Crippen molar-refractivity contribution in [1.82, 2.24) is 0 Å². The molecular formula is C10H10BrFO. The van der Waals surface area contributed by atoms with Crippen molar-refractivity contribution in [1.29, 1.82) is 0 Å². The molecule has 0 aliphatic rings. The van der Waals surface area contributed by atoms with Gasteiger partial charge in [0.15, 0.2) is 5.78 Å². The molecule has 0 aliphatic carbocycles. The van der Waals surface area contributed by atoms with Crippen molar-refractivity contribution in [2.75, 3.05) is 0 Å². The van der Waals surface area contributed by atoms with Gasteiger partial charge in [-0.1, -0.05) is 35.0 Å². The molecule has 0 spiro atoms. The van der Waals surface area contributed by atoms with Crippen LogP contribution in [-0.4, -0.2) is 5.78 Å². The van der Waals surface area contributed by atoms with Crippen LogP contribution in [0.4, 0.5) is 4.39 Å². The molecule has 1 aromatic rings. The topological polar surface area (TPSA) is 17.1 Å². The summed E-state index contributed by atoms with van der Waals surface area (Å²) in [5.74, 6) is -0.351. The summed E-state index contributed by atoms with van der Waals surface area (Å²) in [5, 5.41) is 0.472. The molecule has 0 aliphatic heterocycles. The molecule has 0 fully saturated rings. The van der Waals surface area contributed by atoms with Crippen molar-refractivity contribution in [3.05, 3.63) is 35.1 Å². The largest absolute Gasteiger partial charge is 0.294 e. The minimum atomic E-state index is -0.323. The molecule has 1 aromatic carbocycles. The van der Waals surface area contributed by atoms with Gasteiger partial charge in [-0.15, -0.1) is 0 Å². The molecule has 0 bridgehead atoms. The minimum Gasteiger partial charge on any atom is -0.294 e. The molecule has 3 heteroatoms. The smallest absolute Gasteiger partial charge is 0.162 e. The second kappa shape index (κ2) is 4.51. The molecule has 0 aromatic heterocycles. The zero-order valence-corrected chi connectivity index (χ0v) is 8.90. The molecule has 0 heterocycles. The molecule has 0 radical (unpaired) electrons. The number of alkyl halides is 1. The van der Waals surface area contributed by atoms with Gasteiger partial charge in [0.1, 0.15) is 5.82 Å². The average molecular weight is 245 g/mol. The van der Waals surface area contributed by atoms with E-state index in [1.165, 1.54) is 6.07 Å². The van der Waals surface area contributed by atoms with Gasteiger partial charge in [-0.05, 0) is 11.6 Å². The second-order valence-corrected chi connectivity index (χ2v) is 3.28. The van der Waals surface area contributed by atoms with Crippen LogP contribution < -0.4 is 0 Å². The second-order valence-electron chi connectivity index (χ2n) is 2.72. The Morgan fingerprint density at radius 1 is 1.54 bits per heavy atom. The Kier molecular flexibility index (Phi) is 3.60. The third kappa shape index (κ3) is 2.37. The molecule has 13 heavy (non-hydrogen) atoms. The lowest BCUT2D eigenvalue weighted by Crippen LogP contribution is -1.98. The molecule has 1 nitrogen and oxygen atoms in total. The number of ketones is 1. The van der Waals surface area contributed by atoms with Crippen LogP contribution in [-0.2, 0) is 5.33 Å². The van der Waals surface area contributed by atoms with Crippen molar-refractivity contribution in [2.24, 2.45) is 0 Å². The summed E-state index contributed by atoms with van der Waals surface area (Å²) < 4.78 is 13.2. The highest BCUT2D eigenvalue weighted by atomic mass is 79.9. The van der Waals surface area contributed by atoms with Crippen molar-refractivity contribution in [3.8, 4) is 0 Å². The van der Waals surface area contributed by atoms with E-state index in [1.807, 2.05) is 0 Å². The van der Waals surface area contributed by atoms with Gasteiger partial charge < -0.3 is 0 Å². The fourth-order valence-electron chi connectivity index (χ4n) is 1.03. The fourth-order valence-corrected chi connectivity index (χ4v) is 1.49. The van der Waals surface area contributed by atoms with Crippen molar-refractivity contribution in [3.63, 3.8) is 0 Å². The molecule has 1 rings (SSSR count). The van der Waals surface area contributed by atoms with E-state index in [1.54, 1.807) is 19.1 Å². The van der Waals surface area contributed by atoms with Crippen LogP contribution >= 0.6 is 15.9 Å². The Morgan fingerprint density at radius 3 is 2.69 bits per heavy atom. The number of Topliss-reactive ketones (excluding diaryl/α,β-unsaturated/α-hetero) is 1. The SMILES string of the molecule is CCC(=O)c1ccc(CBr)c(F)c1. The number of benzene rings is 1. The van der Waals surface area contributed by atoms with Gasteiger partial charge in [0.05, 0.1) is 0 Å². The Morgan fingerprint density at radius 2 is 2.23 bits per heavy atom. The molecule has 0 saturated carbocycles. The first-order valence-corrected chi connectivity index (χ1v) is 5.18. The summed E-state index contributed by atoms with van der Waals surface area (Å²) in [4.78, 5) is 11.2. The van der Waals surface area contributed by atoms with Crippen molar-refractivity contribution < 1.29 is 9.18 Å². The van der Waals surface area contributed by atoms with Crippen LogP contribution in [0, 0.1) is 5.82 Å². The average Bonchev–Trinajstić information content (AvgIpc) is 2.16. The maximum atomic E-state index is 13.2. The number of carbonyl (C=O) groups is 1. The number of halogens is 2. The molecule has 0 N–H and O–H groups in total. The van der Waals surface area contributed by atoms with Gasteiger partial charge in [0.25, 0.3) is 0 Å². The van der Waals surface area contributed by atoms with Crippen molar-refractivity contribution >= 4 is 21.7 Å². The van der Waals surface area contributed by atoms with E-state index in [0.29, 0.717) is 22.9 Å². The Balaban J connectivity index is 3.02. The maximum Gasteiger partial charge on any atom is 0.162 e. The van der Waals surface area contributed by atoms with E-state index >= 15 is 0 Å². The fraction of sp³-hybridized carbons (Fsp3) is 0.300. The summed E-state index contributed by atoms with van der Waals surface area (Å²) in [7, 11) is 0. The van der Waals surface area contributed by atoms with Crippen molar-refractivity contribution in [2.45, 2.75) is 18.7 Å². The zero-order valence-electron chi connectivity index (χ0n) is 7.31. The van der Waals surface area contributed by atoms with Crippen LogP contribution in [0.3, 0.4) is 0 Å². The van der Waals surface area contributed by atoms with Gasteiger partial charge >= 0.3 is 0 Å². The molecular weight excluding hydrogens is 235 g/mol. The number of hydrogen-bond donors (Lipinski definition) is 0. The molecule has 0 saturated heterocycles. The van der Waals surface area contributed by atoms with E-state index in [2.05, 4.69) is 15.9 Å². The van der Waals surface area contributed by atoms with Gasteiger partial charge in [-0.2, -0.15) is 0 Å². The number of carbonyl (C=O) groups excluding carboxylic acids is 1. The Hall–Kier alpha value is -0.700. The van der Waals surface area contributed by atoms with Crippen LogP contribution in [0.2, 0.25) is 0 Å². The lowest BCUT2D eigenvalue weighted by molar-refractivity contribution is 0.0987. The zero-order chi connectivity index (χ0) is 9.84. The van der Waals surface area contributed by atoms with E-state index < -0.39 is 0 Å². The Labute approximate surface area is 85.1 Å². The van der Waals surface area contributed by atoms with E-state index in [0.717, 1.165) is 0 Å². The highest BCUT2D eigenvalue weighted by Crippen LogP contribution is 2.14. The number of hydrogen-bond acceptors (Lipinski definition) is 1. The monoisotopic (exact) mass is 244 g/mol. The van der Waals surface area contributed by atoms with Gasteiger partial charge in [0, 0.05) is 17.3 Å². The first kappa shape index (κ1) is 10.4. The number of rotatable bonds is 3. The quantitative estimate of drug-likeness (QED) is 0.589. The third-order valence-corrected chi connectivity index (χ3v) is 2.44. The van der Waals surface area contributed by atoms with E-state index in [9.17, 15) is 9.18 Å². The molecule has 0 unspecified atom stereocenters. The highest BCUT2D eigenvalue weighted by Gasteiger charge is 2.06. The van der Waals surface area contributed by atoms with Crippen LogP contribution in [0.15, 0.2) is 18.2 Å². The molecule has 0 atom stereocenters. The first-order chi connectivity index (χ1) is 6.19. The van der Waals surface area contributed by atoms with Gasteiger partial charge in [-0.3, -0.25) is 4.79 Å². The van der Waals surface area contributed by atoms with E-state index in [-0.39, 0.29) is 11.6 Å². The normalized spacial score (nSPS) is 10.1. The van der Waals surface area contributed by atoms with Crippen LogP contribution in [0.5, 0.6) is 0 Å². The summed E-state index contributed by atoms with van der Waals surface area (Å²) in [6, 6.07) is 4.58. The first-order valence-electron chi connectivity index (χ1n) is 4.06. The summed E-state index contributed by atoms with van der Waals surface area (Å²) >= 11 is 3.16. The standard InChI is InChI=1S/C10H10BrFO/c1-2-10(13)7-3-4-8(6-11)9(12)5-7/h3-5H,2,6H2,1H3. The summed E-state index contributed by atoms with van der Waals surface area (Å²) in [6.45, 7) is 1.76. The third-order valence-electron chi connectivity index (χ3n) is 1.84. The van der Waals surface area contributed by atoms with Gasteiger partial charge in [0.2, 0.25) is 0 Å². The minimum absolute atomic E-state index is 0.0278. The van der Waals surface area contributed by atoms with Crippen LogP contribution in [0.1, 0.15) is 29.3 Å². The molecule has 0 amide bonds. The Bertz CT molecular complexity index is 323. The van der Waals surface area contributed by atoms with Gasteiger partial charge in [-0.25, -0.2) is 4.39 Å². The highest BCUT2D eigenvalue weighted by molar-refractivity contribution is 9.08. The molecule has 70 valence electrons. The summed E-state index contributed by atoms with van der Waals surface area (Å²) in [5.41, 5.74) is 1.03. The predicted molar refractivity (Wildman–Crippen MR) is 53.7 cm³/mol. The summed E-state index contributed by atoms with van der Waals surface area (Å²) in [6.07, 6.45) is 0.410. The van der Waals surface area contributed by atoms with E-state index in [4.69, 9.17) is 0 Å².